The average molecular weight is 1370 g/mol. The highest BCUT2D eigenvalue weighted by molar-refractivity contribution is 7.17. The fourth-order valence-corrected chi connectivity index (χ4v) is 18.2. The summed E-state index contributed by atoms with van der Waals surface area (Å²) in [5.74, 6) is 0.828. The Morgan fingerprint density at radius 2 is 0.790 bits per heavy atom. The van der Waals surface area contributed by atoms with Gasteiger partial charge in [0.05, 0.1) is 22.7 Å². The van der Waals surface area contributed by atoms with Crippen LogP contribution in [-0.4, -0.2) is 13.4 Å². The van der Waals surface area contributed by atoms with Gasteiger partial charge in [-0.15, -0.1) is 11.3 Å². The van der Waals surface area contributed by atoms with E-state index in [0.717, 1.165) is 137 Å². The minimum atomic E-state index is -0.283. The maximum atomic E-state index is 7.30. The molecule has 0 spiro atoms. The molecule has 8 nitrogen and oxygen atoms in total. The third-order valence-corrected chi connectivity index (χ3v) is 22.8. The van der Waals surface area contributed by atoms with Gasteiger partial charge in [0.15, 0.2) is 0 Å². The van der Waals surface area contributed by atoms with Crippen LogP contribution >= 0.6 is 11.3 Å². The monoisotopic (exact) mass is 1360 g/mol. The predicted octanol–water partition coefficient (Wildman–Crippen LogP) is 22.0. The highest BCUT2D eigenvalue weighted by atomic mass is 32.1. The first-order valence-corrected chi connectivity index (χ1v) is 37.0. The molecular weight excluding hydrogens is 1300 g/mol. The molecule has 7 heterocycles. The lowest BCUT2D eigenvalue weighted by atomic mass is 9.33. The van der Waals surface area contributed by atoms with Gasteiger partial charge < -0.3 is 33.3 Å². The van der Waals surface area contributed by atoms with Crippen molar-refractivity contribution in [3.05, 3.63) is 362 Å². The Labute approximate surface area is 614 Å². The molecule has 4 aliphatic heterocycles. The fraction of sp³-hybridized carbons (Fsp3) is 0.0426. The predicted molar refractivity (Wildman–Crippen MR) is 442 cm³/mol. The summed E-state index contributed by atoms with van der Waals surface area (Å²) in [5.41, 5.74) is 29.2. The molecular formula is C94H66B2N6O2S. The molecule has 14 aromatic carbocycles. The molecule has 105 heavy (non-hydrogen) atoms. The van der Waals surface area contributed by atoms with Crippen LogP contribution in [0.2, 0.25) is 0 Å². The minimum Gasteiger partial charge on any atom is -0.468 e. The summed E-state index contributed by atoms with van der Waals surface area (Å²) in [4.78, 5) is 14.7. The topological polar surface area (TPSA) is 45.7 Å². The Bertz CT molecular complexity index is 6130. The highest BCUT2D eigenvalue weighted by Crippen LogP contribution is 2.53. The Morgan fingerprint density at radius 3 is 1.38 bits per heavy atom. The van der Waals surface area contributed by atoms with Crippen molar-refractivity contribution in [2.45, 2.75) is 25.7 Å². The minimum absolute atomic E-state index is 0.129. The van der Waals surface area contributed by atoms with Crippen LogP contribution in [0.15, 0.2) is 360 Å². The zero-order valence-corrected chi connectivity index (χ0v) is 58.6. The Hall–Kier alpha value is -13.0. The Morgan fingerprint density at radius 1 is 0.343 bits per heavy atom. The smallest absolute Gasteiger partial charge is 0.297 e. The number of hydrogen-bond donors (Lipinski definition) is 0. The van der Waals surface area contributed by atoms with Crippen LogP contribution in [-0.2, 0) is 11.8 Å². The molecule has 0 bridgehead atoms. The second-order valence-electron chi connectivity index (χ2n) is 28.5. The van der Waals surface area contributed by atoms with Gasteiger partial charge in [0, 0.05) is 101 Å². The van der Waals surface area contributed by atoms with E-state index in [-0.39, 0.29) is 18.8 Å². The van der Waals surface area contributed by atoms with E-state index in [9.17, 15) is 0 Å². The average Bonchev–Trinajstić information content (AvgIpc) is 1.68. The molecule has 0 unspecified atom stereocenters. The van der Waals surface area contributed by atoms with E-state index in [1.165, 1.54) is 48.5 Å². The zero-order chi connectivity index (χ0) is 69.4. The Balaban J connectivity index is 0.696. The third-order valence-electron chi connectivity index (χ3n) is 22.0. The number of thiophene rings is 1. The van der Waals surface area contributed by atoms with E-state index >= 15 is 0 Å². The second kappa shape index (κ2) is 24.1. The first kappa shape index (κ1) is 60.8. The first-order valence-electron chi connectivity index (χ1n) is 36.1. The highest BCUT2D eigenvalue weighted by Gasteiger charge is 2.49. The van der Waals surface area contributed by atoms with E-state index < -0.39 is 0 Å². The van der Waals surface area contributed by atoms with Gasteiger partial charge in [0.1, 0.15) is 11.2 Å². The summed E-state index contributed by atoms with van der Waals surface area (Å²) in [7, 11) is 0. The molecule has 11 heteroatoms. The van der Waals surface area contributed by atoms with Crippen LogP contribution in [0.3, 0.4) is 0 Å². The summed E-state index contributed by atoms with van der Waals surface area (Å²) in [6.07, 6.45) is 0.799. The number of rotatable bonds is 13. The fourth-order valence-electron chi connectivity index (χ4n) is 17.4. The zero-order valence-electron chi connectivity index (χ0n) is 57.8. The summed E-state index contributed by atoms with van der Waals surface area (Å²) >= 11 is 1.79. The number of hydrogen-bond acceptors (Lipinski definition) is 9. The van der Waals surface area contributed by atoms with Gasteiger partial charge in [-0.05, 0) is 219 Å². The van der Waals surface area contributed by atoms with Crippen molar-refractivity contribution in [2.24, 2.45) is 0 Å². The molecule has 0 atom stereocenters. The van der Waals surface area contributed by atoms with Gasteiger partial charge in [0.25, 0.3) is 13.4 Å². The lowest BCUT2D eigenvalue weighted by Gasteiger charge is -2.43. The van der Waals surface area contributed by atoms with Crippen LogP contribution in [0.25, 0.3) is 32.0 Å². The molecule has 0 radical (unpaired) electrons. The number of nitrogens with zero attached hydrogens (tertiary/aromatic N) is 6. The SMILES string of the molecule is CC(C)(Cc1ccc(N2c3cc4ccsc4cc3B3c4oc5ccccc5c4N(c4ccccc4)c4cc(N(c5ccccc5)c5ccccc5)cc2c43)cc1)c1ccc(N2c3cc(N(c4ccccc4)c4ccccc4)cc4c3B(c3ccccc3N4c3ccccc3)c3c2oc2ccccc32)cc1. The quantitative estimate of drug-likeness (QED) is 0.106. The van der Waals surface area contributed by atoms with Crippen molar-refractivity contribution in [1.82, 2.24) is 0 Å². The van der Waals surface area contributed by atoms with Gasteiger partial charge in [-0.2, -0.15) is 0 Å². The van der Waals surface area contributed by atoms with Crippen LogP contribution in [0.4, 0.5) is 103 Å². The van der Waals surface area contributed by atoms with Gasteiger partial charge in [-0.1, -0.05) is 196 Å². The summed E-state index contributed by atoms with van der Waals surface area (Å²) in [6.45, 7) is 4.43. The van der Waals surface area contributed by atoms with Gasteiger partial charge >= 0.3 is 0 Å². The normalized spacial score (nSPS) is 13.2. The maximum absolute atomic E-state index is 7.30. The molecule has 496 valence electrons. The first-order chi connectivity index (χ1) is 51.8. The maximum Gasteiger partial charge on any atom is 0.297 e. The lowest BCUT2D eigenvalue weighted by molar-refractivity contribution is 0.522. The molecule has 0 N–H and O–H groups in total. The van der Waals surface area contributed by atoms with Crippen molar-refractivity contribution in [3.63, 3.8) is 0 Å². The van der Waals surface area contributed by atoms with E-state index in [1.54, 1.807) is 11.3 Å². The lowest BCUT2D eigenvalue weighted by Crippen LogP contribution is -2.61. The molecule has 21 rings (SSSR count). The number of fused-ring (bicyclic) bond motifs is 13. The van der Waals surface area contributed by atoms with Crippen molar-refractivity contribution >= 4 is 192 Å². The van der Waals surface area contributed by atoms with Gasteiger partial charge in [-0.25, -0.2) is 0 Å². The molecule has 0 aliphatic carbocycles. The molecule has 17 aromatic rings. The molecule has 0 saturated carbocycles. The van der Waals surface area contributed by atoms with E-state index in [0.29, 0.717) is 0 Å². The van der Waals surface area contributed by atoms with Gasteiger partial charge in [0.2, 0.25) is 5.88 Å². The van der Waals surface area contributed by atoms with Crippen LogP contribution < -0.4 is 62.4 Å². The van der Waals surface area contributed by atoms with Crippen LogP contribution in [0.5, 0.6) is 0 Å². The Kier molecular flexibility index (Phi) is 13.9. The number of furan rings is 2. The standard InChI is InChI=1S/C94H66B2N6O2S/c1-94(2,64-47-51-72(52-48-64)102-84-59-74(98(67-31-13-5-14-32-67)68-33-15-6-16-34-68)56-81-89(84)95(88-75-39-21-25-43-85(75)104-93(88)102)77-41-23-24-42-79(77)99(81)69-35-17-7-18-36-69)61-62-45-49-71(50-46-62)100-80-55-63-53-54-105-87(63)60-78(80)96-90-82(100)57-73(97(65-27-9-3-10-28-65)66-29-11-4-12-30-66)58-83(90)101(70-37-19-8-20-38-70)91-76-40-22-26-44-86(76)103-92(91)96/h3-60H,61H2,1-2H3. The molecule has 4 aliphatic rings. The third kappa shape index (κ3) is 9.68. The van der Waals surface area contributed by atoms with Crippen molar-refractivity contribution < 1.29 is 8.83 Å². The van der Waals surface area contributed by atoms with Crippen molar-refractivity contribution in [2.75, 3.05) is 29.4 Å². The van der Waals surface area contributed by atoms with Crippen molar-refractivity contribution in [3.8, 4) is 0 Å². The van der Waals surface area contributed by atoms with Crippen molar-refractivity contribution in [1.29, 1.82) is 0 Å². The summed E-state index contributed by atoms with van der Waals surface area (Å²) < 4.78 is 15.8. The van der Waals surface area contributed by atoms with Gasteiger partial charge in [-0.3, -0.25) is 4.90 Å². The summed E-state index contributed by atoms with van der Waals surface area (Å²) in [6, 6.07) is 126. The molecule has 0 amide bonds. The van der Waals surface area contributed by atoms with E-state index in [2.05, 4.69) is 394 Å². The number of anilines is 18. The van der Waals surface area contributed by atoms with Crippen LogP contribution in [0.1, 0.15) is 25.0 Å². The largest absolute Gasteiger partial charge is 0.468 e. The summed E-state index contributed by atoms with van der Waals surface area (Å²) in [5, 5.41) is 5.62. The molecule has 0 fully saturated rings. The second-order valence-corrected chi connectivity index (χ2v) is 29.5. The number of benzene rings is 14. The number of para-hydroxylation sites is 9. The van der Waals surface area contributed by atoms with E-state index in [4.69, 9.17) is 8.83 Å². The van der Waals surface area contributed by atoms with Crippen LogP contribution in [0, 0.1) is 0 Å². The molecule has 0 saturated heterocycles. The molecule has 3 aromatic heterocycles. The van der Waals surface area contributed by atoms with E-state index in [1.807, 2.05) is 0 Å².